The molecule has 0 aliphatic carbocycles. The standard InChI is InChI=1S/C23H20N4O2/c1-13-6-16(10-24)7-14(2)22(13)19-8-17(15(3)11-26-19)12-27-20-5-4-18(25)9-21(20)29-23(27)28/h4-9,11H,12,25H2,1-3H3. The van der Waals surface area contributed by atoms with Crippen LogP contribution in [0.3, 0.4) is 0 Å². The molecule has 0 spiro atoms. The summed E-state index contributed by atoms with van der Waals surface area (Å²) in [6, 6.07) is 13.1. The number of rotatable bonds is 3. The van der Waals surface area contributed by atoms with Gasteiger partial charge in [-0.2, -0.15) is 5.26 Å². The third-order valence-corrected chi connectivity index (χ3v) is 5.15. The number of anilines is 1. The Morgan fingerprint density at radius 3 is 2.52 bits per heavy atom. The van der Waals surface area contributed by atoms with E-state index in [0.29, 0.717) is 28.9 Å². The summed E-state index contributed by atoms with van der Waals surface area (Å²) in [5, 5.41) is 9.19. The second-order valence-corrected chi connectivity index (χ2v) is 7.27. The van der Waals surface area contributed by atoms with Crippen LogP contribution in [-0.4, -0.2) is 9.55 Å². The molecule has 0 atom stereocenters. The molecule has 0 saturated carbocycles. The van der Waals surface area contributed by atoms with Gasteiger partial charge in [0.15, 0.2) is 5.58 Å². The summed E-state index contributed by atoms with van der Waals surface area (Å²) >= 11 is 0. The van der Waals surface area contributed by atoms with E-state index in [4.69, 9.17) is 10.2 Å². The minimum Gasteiger partial charge on any atom is -0.408 e. The van der Waals surface area contributed by atoms with Crippen molar-refractivity contribution in [2.24, 2.45) is 0 Å². The summed E-state index contributed by atoms with van der Waals surface area (Å²) in [5.74, 6) is -0.422. The first-order valence-electron chi connectivity index (χ1n) is 9.23. The minimum absolute atomic E-state index is 0.367. The van der Waals surface area contributed by atoms with Crippen LogP contribution < -0.4 is 11.5 Å². The lowest BCUT2D eigenvalue weighted by molar-refractivity contribution is 0.517. The lowest BCUT2D eigenvalue weighted by atomic mass is 9.95. The van der Waals surface area contributed by atoms with Crippen molar-refractivity contribution in [1.29, 1.82) is 5.26 Å². The molecule has 4 rings (SSSR count). The highest BCUT2D eigenvalue weighted by Gasteiger charge is 2.14. The van der Waals surface area contributed by atoms with Gasteiger partial charge < -0.3 is 10.2 Å². The summed E-state index contributed by atoms with van der Waals surface area (Å²) in [6.45, 7) is 6.28. The second kappa shape index (κ2) is 6.95. The lowest BCUT2D eigenvalue weighted by Crippen LogP contribution is -2.15. The molecule has 2 heterocycles. The number of hydrogen-bond donors (Lipinski definition) is 1. The van der Waals surface area contributed by atoms with Crippen LogP contribution in [0.2, 0.25) is 0 Å². The summed E-state index contributed by atoms with van der Waals surface area (Å²) in [5.41, 5.74) is 13.9. The number of nitrogens with two attached hydrogens (primary N) is 1. The van der Waals surface area contributed by atoms with E-state index in [9.17, 15) is 10.1 Å². The summed E-state index contributed by atoms with van der Waals surface area (Å²) < 4.78 is 6.95. The van der Waals surface area contributed by atoms with Crippen LogP contribution in [0.5, 0.6) is 0 Å². The molecule has 4 aromatic rings. The maximum atomic E-state index is 12.4. The van der Waals surface area contributed by atoms with Crippen molar-refractivity contribution in [1.82, 2.24) is 9.55 Å². The van der Waals surface area contributed by atoms with E-state index in [0.717, 1.165) is 33.5 Å². The van der Waals surface area contributed by atoms with Crippen molar-refractivity contribution in [2.75, 3.05) is 5.73 Å². The number of nitrogens with zero attached hydrogens (tertiary/aromatic N) is 3. The van der Waals surface area contributed by atoms with Gasteiger partial charge in [0.2, 0.25) is 0 Å². The molecule has 0 radical (unpaired) electrons. The first-order chi connectivity index (χ1) is 13.9. The Bertz CT molecular complexity index is 1330. The number of benzene rings is 2. The smallest absolute Gasteiger partial charge is 0.408 e. The van der Waals surface area contributed by atoms with Crippen LogP contribution in [0.4, 0.5) is 5.69 Å². The topological polar surface area (TPSA) is 97.8 Å². The predicted octanol–water partition coefficient (Wildman–Crippen LogP) is 4.08. The Kier molecular flexibility index (Phi) is 4.44. The van der Waals surface area contributed by atoms with E-state index in [1.165, 1.54) is 0 Å². The van der Waals surface area contributed by atoms with Crippen LogP contribution in [0.15, 0.2) is 51.8 Å². The molecule has 0 unspecified atom stereocenters. The van der Waals surface area contributed by atoms with Crippen LogP contribution >= 0.6 is 0 Å². The van der Waals surface area contributed by atoms with Crippen molar-refractivity contribution in [3.8, 4) is 17.3 Å². The Morgan fingerprint density at radius 2 is 1.83 bits per heavy atom. The largest absolute Gasteiger partial charge is 0.420 e. The van der Waals surface area contributed by atoms with Crippen molar-refractivity contribution in [3.63, 3.8) is 0 Å². The van der Waals surface area contributed by atoms with Crippen LogP contribution in [-0.2, 0) is 6.54 Å². The first kappa shape index (κ1) is 18.5. The molecule has 29 heavy (non-hydrogen) atoms. The zero-order chi connectivity index (χ0) is 20.7. The van der Waals surface area contributed by atoms with Gasteiger partial charge in [-0.25, -0.2) is 4.79 Å². The van der Waals surface area contributed by atoms with Crippen molar-refractivity contribution in [2.45, 2.75) is 27.3 Å². The minimum atomic E-state index is -0.422. The number of nitriles is 1. The van der Waals surface area contributed by atoms with E-state index in [1.54, 1.807) is 22.8 Å². The van der Waals surface area contributed by atoms with Gasteiger partial charge in [-0.05, 0) is 73.4 Å². The zero-order valence-electron chi connectivity index (χ0n) is 16.5. The highest BCUT2D eigenvalue weighted by atomic mass is 16.4. The van der Waals surface area contributed by atoms with E-state index in [1.807, 2.05) is 45.2 Å². The van der Waals surface area contributed by atoms with Gasteiger partial charge in [-0.3, -0.25) is 9.55 Å². The molecule has 0 aliphatic rings. The van der Waals surface area contributed by atoms with Gasteiger partial charge in [0, 0.05) is 23.5 Å². The van der Waals surface area contributed by atoms with Crippen LogP contribution in [0.1, 0.15) is 27.8 Å². The fourth-order valence-electron chi connectivity index (χ4n) is 3.71. The molecule has 144 valence electrons. The number of nitrogen functional groups attached to an aromatic ring is 1. The summed E-state index contributed by atoms with van der Waals surface area (Å²) in [4.78, 5) is 17.0. The van der Waals surface area contributed by atoms with Gasteiger partial charge in [0.25, 0.3) is 0 Å². The van der Waals surface area contributed by atoms with Gasteiger partial charge in [0.05, 0.1) is 29.4 Å². The van der Waals surface area contributed by atoms with E-state index in [-0.39, 0.29) is 0 Å². The normalized spacial score (nSPS) is 11.0. The molecule has 6 nitrogen and oxygen atoms in total. The highest BCUT2D eigenvalue weighted by molar-refractivity contribution is 5.77. The Hall–Kier alpha value is -3.85. The maximum absolute atomic E-state index is 12.4. The number of aromatic nitrogens is 2. The van der Waals surface area contributed by atoms with E-state index >= 15 is 0 Å². The highest BCUT2D eigenvalue weighted by Crippen LogP contribution is 2.28. The Morgan fingerprint density at radius 1 is 1.10 bits per heavy atom. The first-order valence-corrected chi connectivity index (χ1v) is 9.23. The molecular weight excluding hydrogens is 364 g/mol. The predicted molar refractivity (Wildman–Crippen MR) is 113 cm³/mol. The zero-order valence-corrected chi connectivity index (χ0v) is 16.5. The van der Waals surface area contributed by atoms with E-state index in [2.05, 4.69) is 11.1 Å². The molecular formula is C23H20N4O2. The monoisotopic (exact) mass is 384 g/mol. The maximum Gasteiger partial charge on any atom is 0.420 e. The number of fused-ring (bicyclic) bond motifs is 1. The lowest BCUT2D eigenvalue weighted by Gasteiger charge is -2.13. The third kappa shape index (κ3) is 3.27. The average molecular weight is 384 g/mol. The third-order valence-electron chi connectivity index (χ3n) is 5.15. The van der Waals surface area contributed by atoms with Crippen LogP contribution in [0, 0.1) is 32.1 Å². The van der Waals surface area contributed by atoms with Gasteiger partial charge in [-0.15, -0.1) is 0 Å². The second-order valence-electron chi connectivity index (χ2n) is 7.27. The Labute approximate surface area is 167 Å². The quantitative estimate of drug-likeness (QED) is 0.537. The number of oxazole rings is 1. The number of hydrogen-bond acceptors (Lipinski definition) is 5. The average Bonchev–Trinajstić information content (AvgIpc) is 2.97. The molecule has 0 fully saturated rings. The fraction of sp³-hybridized carbons (Fsp3) is 0.174. The molecule has 2 aromatic heterocycles. The molecule has 0 bridgehead atoms. The van der Waals surface area contributed by atoms with E-state index < -0.39 is 5.76 Å². The van der Waals surface area contributed by atoms with Gasteiger partial charge >= 0.3 is 5.76 Å². The molecule has 2 aromatic carbocycles. The van der Waals surface area contributed by atoms with Gasteiger partial charge in [-0.1, -0.05) is 0 Å². The molecule has 0 amide bonds. The van der Waals surface area contributed by atoms with Crippen molar-refractivity contribution in [3.05, 3.63) is 81.0 Å². The van der Waals surface area contributed by atoms with Crippen LogP contribution in [0.25, 0.3) is 22.4 Å². The molecule has 0 saturated heterocycles. The van der Waals surface area contributed by atoms with Crippen molar-refractivity contribution < 1.29 is 4.42 Å². The van der Waals surface area contributed by atoms with Gasteiger partial charge in [0.1, 0.15) is 0 Å². The Balaban J connectivity index is 1.81. The molecule has 0 aliphatic heterocycles. The number of pyridine rings is 1. The fourth-order valence-corrected chi connectivity index (χ4v) is 3.71. The summed E-state index contributed by atoms with van der Waals surface area (Å²) in [7, 11) is 0. The summed E-state index contributed by atoms with van der Waals surface area (Å²) in [6.07, 6.45) is 1.81. The SMILES string of the molecule is Cc1cnc(-c2c(C)cc(C#N)cc2C)cc1Cn1c(=O)oc2cc(N)ccc21. The van der Waals surface area contributed by atoms with Crippen molar-refractivity contribution >= 4 is 16.8 Å². The number of aryl methyl sites for hydroxylation is 3. The molecule has 6 heteroatoms. The molecule has 2 N–H and O–H groups in total.